The monoisotopic (exact) mass is 902 g/mol. The molecule has 1 spiro atoms. The van der Waals surface area contributed by atoms with E-state index in [1.165, 1.54) is 12.8 Å². The molecule has 0 radical (unpaired) electrons. The lowest BCUT2D eigenvalue weighted by atomic mass is 9.44. The van der Waals surface area contributed by atoms with Gasteiger partial charge in [-0.3, -0.25) is 0 Å². The van der Waals surface area contributed by atoms with Crippen molar-refractivity contribution in [2.75, 3.05) is 26.4 Å². The quantitative estimate of drug-likeness (QED) is 0.128. The Balaban J connectivity index is 0.869. The summed E-state index contributed by atoms with van der Waals surface area (Å²) in [6.07, 6.45) is -13.9. The Morgan fingerprint density at radius 2 is 1.21 bits per heavy atom. The maximum absolute atomic E-state index is 11.6. The molecular weight excluding hydrogens is 828 g/mol. The molecule has 9 rings (SSSR count). The molecule has 5 saturated heterocycles. The van der Waals surface area contributed by atoms with Crippen LogP contribution in [0.3, 0.4) is 0 Å². The van der Waals surface area contributed by atoms with Crippen molar-refractivity contribution in [2.45, 2.75) is 202 Å². The lowest BCUT2D eigenvalue weighted by molar-refractivity contribution is -0.371. The number of ether oxygens (including phenoxy) is 8. The van der Waals surface area contributed by atoms with E-state index in [9.17, 15) is 51.1 Å². The fraction of sp³-hybridized carbons (Fsp3) is 1.00. The predicted octanol–water partition coefficient (Wildman–Crippen LogP) is -0.734. The van der Waals surface area contributed by atoms with Crippen molar-refractivity contribution in [1.82, 2.24) is 0 Å². The van der Waals surface area contributed by atoms with E-state index in [0.717, 1.165) is 51.6 Å². The highest BCUT2D eigenvalue weighted by Gasteiger charge is 2.69. The first-order chi connectivity index (χ1) is 29.9. The van der Waals surface area contributed by atoms with Gasteiger partial charge in [0.2, 0.25) is 0 Å². The zero-order valence-electron chi connectivity index (χ0n) is 37.0. The normalized spacial score (nSPS) is 58.2. The molecule has 0 bridgehead atoms. The van der Waals surface area contributed by atoms with Gasteiger partial charge in [0.1, 0.15) is 73.2 Å². The van der Waals surface area contributed by atoms with Crippen LogP contribution in [0.4, 0.5) is 0 Å². The van der Waals surface area contributed by atoms with E-state index in [0.29, 0.717) is 47.8 Å². The first-order valence-corrected chi connectivity index (χ1v) is 23.8. The van der Waals surface area contributed by atoms with Crippen molar-refractivity contribution < 1.29 is 89.0 Å². The van der Waals surface area contributed by atoms with Crippen molar-refractivity contribution in [1.29, 1.82) is 0 Å². The summed E-state index contributed by atoms with van der Waals surface area (Å²) in [7, 11) is 0. The number of rotatable bonds is 9. The van der Waals surface area contributed by atoms with Crippen LogP contribution in [0.2, 0.25) is 0 Å². The van der Waals surface area contributed by atoms with E-state index in [1.807, 2.05) is 0 Å². The highest BCUT2D eigenvalue weighted by molar-refractivity contribution is 5.15. The molecule has 18 nitrogen and oxygen atoms in total. The first-order valence-electron chi connectivity index (χ1n) is 23.8. The summed E-state index contributed by atoms with van der Waals surface area (Å²) in [6.45, 7) is 8.48. The maximum atomic E-state index is 11.6. The maximum Gasteiger partial charge on any atom is 0.187 e. The van der Waals surface area contributed by atoms with Gasteiger partial charge in [0.15, 0.2) is 24.7 Å². The third-order valence-electron chi connectivity index (χ3n) is 18.3. The van der Waals surface area contributed by atoms with Crippen LogP contribution >= 0.6 is 0 Å². The molecule has 10 N–H and O–H groups in total. The molecule has 9 fully saturated rings. The molecule has 4 aliphatic carbocycles. The molecule has 63 heavy (non-hydrogen) atoms. The second-order valence-corrected chi connectivity index (χ2v) is 21.6. The van der Waals surface area contributed by atoms with E-state index < -0.39 is 118 Å². The Hall–Kier alpha value is -0.720. The largest absolute Gasteiger partial charge is 0.394 e. The van der Waals surface area contributed by atoms with Crippen molar-refractivity contribution in [3.8, 4) is 0 Å². The standard InChI is InChI=1S/C45H74O18/c1-19-7-12-45(57-17-19)20(2)30-26(63-45)14-25-23-6-5-21-13-22(8-10-43(21,3)24(23)9-11-44(25,30)4)58-41-38(55)35(52)39(62-42-37(54)34(51)32(49)28(16-47)60-42)29(61-41)18-56-40-36(53)33(50)31(48)27(15-46)59-40/h19-42,46-55H,5-18H2,1-4H3/t19-,20-,21+,22-,23+,24-,25-,26-,27+,28+,29+,30-,31+,32+,33-,34-,35+,36+,37+,38+,39+,40+,41-,42-,43-,44-,45+/m0/s1. The molecule has 5 heterocycles. The van der Waals surface area contributed by atoms with Crippen LogP contribution in [0.5, 0.6) is 0 Å². The molecule has 0 aromatic rings. The number of hydrogen-bond donors (Lipinski definition) is 10. The van der Waals surface area contributed by atoms with E-state index in [-0.39, 0.29) is 23.0 Å². The Kier molecular flexibility index (Phi) is 13.5. The SMILES string of the molecule is C[C@H]1CC[C@@]2(OC1)O[C@H]1C[C@H]3[C@@H]4CC[C@@H]5C[C@@H](O[C@H]6O[C@H](CO[C@@H]7O[C@H](CO)[C@@H](O)[C@H](O)[C@H]7O)[C@@H](O[C@@H]7O[C@H](CO)[C@@H](O)[C@H](O)[C@H]7O)[C@H](O)[C@H]6O)CC[C@]5(C)[C@H]4CC[C@]3(C)[C@H]1[C@@H]2C. The Morgan fingerprint density at radius 1 is 0.587 bits per heavy atom. The Labute approximate surface area is 369 Å². The van der Waals surface area contributed by atoms with Crippen molar-refractivity contribution in [3.63, 3.8) is 0 Å². The second-order valence-electron chi connectivity index (χ2n) is 21.6. The van der Waals surface area contributed by atoms with Crippen LogP contribution in [0, 0.1) is 52.3 Å². The minimum absolute atomic E-state index is 0.107. The summed E-state index contributed by atoms with van der Waals surface area (Å²) in [6, 6.07) is 0. The summed E-state index contributed by atoms with van der Waals surface area (Å²) in [5.41, 5.74) is 0.323. The van der Waals surface area contributed by atoms with E-state index in [4.69, 9.17) is 37.9 Å². The van der Waals surface area contributed by atoms with Crippen LogP contribution in [-0.4, -0.2) is 188 Å². The Bertz CT molecular complexity index is 1570. The number of aliphatic hydroxyl groups excluding tert-OH is 10. The van der Waals surface area contributed by atoms with Gasteiger partial charge >= 0.3 is 0 Å². The molecule has 362 valence electrons. The van der Waals surface area contributed by atoms with E-state index in [2.05, 4.69) is 27.7 Å². The molecule has 0 aromatic heterocycles. The molecule has 4 saturated carbocycles. The van der Waals surface area contributed by atoms with Crippen LogP contribution < -0.4 is 0 Å². The summed E-state index contributed by atoms with van der Waals surface area (Å²) >= 11 is 0. The molecule has 0 aromatic carbocycles. The Morgan fingerprint density at radius 3 is 1.87 bits per heavy atom. The lowest BCUT2D eigenvalue weighted by Crippen LogP contribution is -2.65. The molecule has 18 heteroatoms. The number of hydrogen-bond acceptors (Lipinski definition) is 18. The minimum atomic E-state index is -1.84. The van der Waals surface area contributed by atoms with Gasteiger partial charge < -0.3 is 89.0 Å². The fourth-order valence-corrected chi connectivity index (χ4v) is 14.6. The van der Waals surface area contributed by atoms with Gasteiger partial charge in [-0.15, -0.1) is 0 Å². The van der Waals surface area contributed by atoms with Gasteiger partial charge in [0.25, 0.3) is 0 Å². The number of fused-ring (bicyclic) bond motifs is 7. The van der Waals surface area contributed by atoms with Crippen molar-refractivity contribution in [3.05, 3.63) is 0 Å². The molecule has 0 amide bonds. The minimum Gasteiger partial charge on any atom is -0.394 e. The number of aliphatic hydroxyl groups is 10. The summed E-state index contributed by atoms with van der Waals surface area (Å²) in [5, 5.41) is 105. The third-order valence-corrected chi connectivity index (χ3v) is 18.3. The zero-order chi connectivity index (χ0) is 44.9. The van der Waals surface area contributed by atoms with Crippen LogP contribution in [0.1, 0.15) is 91.9 Å². The van der Waals surface area contributed by atoms with Gasteiger partial charge in [-0.05, 0) is 104 Å². The van der Waals surface area contributed by atoms with Gasteiger partial charge in [-0.25, -0.2) is 0 Å². The van der Waals surface area contributed by atoms with E-state index in [1.54, 1.807) is 0 Å². The smallest absolute Gasteiger partial charge is 0.187 e. The molecular formula is C45H74O18. The third kappa shape index (κ3) is 7.98. The van der Waals surface area contributed by atoms with Gasteiger partial charge in [0, 0.05) is 12.3 Å². The summed E-state index contributed by atoms with van der Waals surface area (Å²) < 4.78 is 49.2. The average molecular weight is 903 g/mol. The summed E-state index contributed by atoms with van der Waals surface area (Å²) in [5.74, 6) is 3.17. The average Bonchev–Trinajstić information content (AvgIpc) is 3.72. The molecule has 5 aliphatic heterocycles. The van der Waals surface area contributed by atoms with Crippen LogP contribution in [-0.2, 0) is 37.9 Å². The highest BCUT2D eigenvalue weighted by Crippen LogP contribution is 2.71. The lowest BCUT2D eigenvalue weighted by Gasteiger charge is -2.61. The van der Waals surface area contributed by atoms with Crippen molar-refractivity contribution in [2.24, 2.45) is 52.3 Å². The second kappa shape index (κ2) is 18.0. The zero-order valence-corrected chi connectivity index (χ0v) is 37.0. The molecule has 9 aliphatic rings. The van der Waals surface area contributed by atoms with Crippen LogP contribution in [0.25, 0.3) is 0 Å². The van der Waals surface area contributed by atoms with E-state index >= 15 is 0 Å². The topological polar surface area (TPSA) is 276 Å². The van der Waals surface area contributed by atoms with Gasteiger partial charge in [-0.2, -0.15) is 0 Å². The predicted molar refractivity (Wildman–Crippen MR) is 216 cm³/mol. The highest BCUT2D eigenvalue weighted by atomic mass is 16.8. The van der Waals surface area contributed by atoms with Crippen LogP contribution in [0.15, 0.2) is 0 Å². The van der Waals surface area contributed by atoms with Crippen molar-refractivity contribution >= 4 is 0 Å². The van der Waals surface area contributed by atoms with Gasteiger partial charge in [0.05, 0.1) is 38.6 Å². The fourth-order valence-electron chi connectivity index (χ4n) is 14.6. The first kappa shape index (κ1) is 47.4. The molecule has 27 atom stereocenters. The van der Waals surface area contributed by atoms with Gasteiger partial charge in [-0.1, -0.05) is 27.7 Å². The molecule has 0 unspecified atom stereocenters. The summed E-state index contributed by atoms with van der Waals surface area (Å²) in [4.78, 5) is 0.